The van der Waals surface area contributed by atoms with Crippen LogP contribution in [0.4, 0.5) is 13.2 Å². The lowest BCUT2D eigenvalue weighted by Gasteiger charge is -2.15. The van der Waals surface area contributed by atoms with Crippen LogP contribution in [0.25, 0.3) is 11.1 Å². The summed E-state index contributed by atoms with van der Waals surface area (Å²) >= 11 is 0. The largest absolute Gasteiger partial charge is 0.416 e. The molecule has 3 nitrogen and oxygen atoms in total. The Morgan fingerprint density at radius 2 is 1.46 bits per heavy atom. The molecule has 0 fully saturated rings. The fourth-order valence-electron chi connectivity index (χ4n) is 2.98. The van der Waals surface area contributed by atoms with Gasteiger partial charge in [-0.3, -0.25) is 0 Å². The van der Waals surface area contributed by atoms with Gasteiger partial charge in [0.15, 0.2) is 0 Å². The van der Waals surface area contributed by atoms with Gasteiger partial charge in [-0.15, -0.1) is 0 Å². The third-order valence-corrected chi connectivity index (χ3v) is 5.21. The van der Waals surface area contributed by atoms with Crippen LogP contribution in [0, 0.1) is 6.92 Å². The summed E-state index contributed by atoms with van der Waals surface area (Å²) in [7, 11) is -3.79. The van der Waals surface area contributed by atoms with E-state index in [-0.39, 0.29) is 10.5 Å². The van der Waals surface area contributed by atoms with Gasteiger partial charge in [-0.05, 0) is 59.4 Å². The highest BCUT2D eigenvalue weighted by atomic mass is 32.2. The van der Waals surface area contributed by atoms with Crippen LogP contribution in [0.3, 0.4) is 0 Å². The number of aryl methyl sites for hydroxylation is 1. The SMILES string of the molecule is Cc1ccc(C2=CCC=C2c2ccc(S(N)(=O)=O)cc2)cc1C(F)(F)F. The molecule has 1 aliphatic rings. The molecular weight excluding hydrogens is 363 g/mol. The number of sulfonamides is 1. The second kappa shape index (κ2) is 6.41. The quantitative estimate of drug-likeness (QED) is 0.852. The molecular formula is C19H16F3NO2S. The minimum atomic E-state index is -4.42. The Morgan fingerprint density at radius 1 is 0.923 bits per heavy atom. The Labute approximate surface area is 149 Å². The van der Waals surface area contributed by atoms with Crippen LogP contribution < -0.4 is 5.14 Å². The van der Waals surface area contributed by atoms with Gasteiger partial charge in [-0.1, -0.05) is 36.4 Å². The number of hydrogen-bond donors (Lipinski definition) is 1. The molecule has 7 heteroatoms. The van der Waals surface area contributed by atoms with Crippen molar-refractivity contribution in [2.45, 2.75) is 24.4 Å². The molecule has 0 atom stereocenters. The minimum absolute atomic E-state index is 0.0138. The molecule has 1 aliphatic carbocycles. The summed E-state index contributed by atoms with van der Waals surface area (Å²) < 4.78 is 62.3. The first-order valence-electron chi connectivity index (χ1n) is 7.79. The van der Waals surface area contributed by atoms with Crippen LogP contribution >= 0.6 is 0 Å². The standard InChI is InChI=1S/C19H16F3NO2S/c1-12-5-6-14(11-18(12)19(20,21)22)17-4-2-3-16(17)13-7-9-15(10-8-13)26(23,24)25/h3-11H,2H2,1H3,(H2,23,24,25). The van der Waals surface area contributed by atoms with Crippen LogP contribution in [0.5, 0.6) is 0 Å². The van der Waals surface area contributed by atoms with E-state index in [1.165, 1.54) is 25.1 Å². The molecule has 0 aliphatic heterocycles. The van der Waals surface area contributed by atoms with Gasteiger partial charge in [0, 0.05) is 0 Å². The number of benzene rings is 2. The molecule has 3 rings (SSSR count). The first-order chi connectivity index (χ1) is 12.1. The zero-order valence-electron chi connectivity index (χ0n) is 13.8. The number of alkyl halides is 3. The van der Waals surface area contributed by atoms with Crippen molar-refractivity contribution in [1.29, 1.82) is 0 Å². The Kier molecular flexibility index (Phi) is 4.54. The van der Waals surface area contributed by atoms with Crippen LogP contribution in [-0.2, 0) is 16.2 Å². The van der Waals surface area contributed by atoms with E-state index in [1.807, 2.05) is 12.2 Å². The molecule has 0 bridgehead atoms. The lowest BCUT2D eigenvalue weighted by Crippen LogP contribution is -2.11. The maximum atomic E-state index is 13.2. The van der Waals surface area contributed by atoms with Gasteiger partial charge in [0.25, 0.3) is 0 Å². The molecule has 136 valence electrons. The Hall–Kier alpha value is -2.38. The normalized spacial score (nSPS) is 15.0. The maximum Gasteiger partial charge on any atom is 0.416 e. The van der Waals surface area contributed by atoms with Gasteiger partial charge in [-0.2, -0.15) is 13.2 Å². The summed E-state index contributed by atoms with van der Waals surface area (Å²) in [5, 5.41) is 5.09. The van der Waals surface area contributed by atoms with E-state index in [9.17, 15) is 21.6 Å². The Morgan fingerprint density at radius 3 is 2.00 bits per heavy atom. The molecule has 2 aromatic rings. The number of allylic oxidation sites excluding steroid dienone is 4. The van der Waals surface area contributed by atoms with Crippen molar-refractivity contribution < 1.29 is 21.6 Å². The topological polar surface area (TPSA) is 60.2 Å². The second-order valence-electron chi connectivity index (χ2n) is 6.07. The predicted molar refractivity (Wildman–Crippen MR) is 94.6 cm³/mol. The van der Waals surface area contributed by atoms with E-state index in [4.69, 9.17) is 5.14 Å². The summed E-state index contributed by atoms with van der Waals surface area (Å²) in [6.07, 6.45) is -0.0702. The number of rotatable bonds is 3. The molecule has 0 saturated carbocycles. The van der Waals surface area contributed by atoms with Gasteiger partial charge in [0.1, 0.15) is 0 Å². The smallest absolute Gasteiger partial charge is 0.225 e. The fraction of sp³-hybridized carbons (Fsp3) is 0.158. The molecule has 0 heterocycles. The summed E-state index contributed by atoms with van der Waals surface area (Å²) in [5.41, 5.74) is 2.16. The summed E-state index contributed by atoms with van der Waals surface area (Å²) in [6.45, 7) is 1.43. The van der Waals surface area contributed by atoms with Crippen molar-refractivity contribution in [3.05, 3.63) is 76.9 Å². The van der Waals surface area contributed by atoms with Gasteiger partial charge in [-0.25, -0.2) is 13.6 Å². The van der Waals surface area contributed by atoms with E-state index in [2.05, 4.69) is 0 Å². The maximum absolute atomic E-state index is 13.2. The number of primary sulfonamides is 1. The van der Waals surface area contributed by atoms with Crippen molar-refractivity contribution in [2.24, 2.45) is 5.14 Å². The first-order valence-corrected chi connectivity index (χ1v) is 9.34. The molecule has 0 amide bonds. The van der Waals surface area contributed by atoms with Crippen molar-refractivity contribution in [3.8, 4) is 0 Å². The van der Waals surface area contributed by atoms with E-state index >= 15 is 0 Å². The van der Waals surface area contributed by atoms with Gasteiger partial charge in [0.2, 0.25) is 10.0 Å². The molecule has 2 aromatic carbocycles. The van der Waals surface area contributed by atoms with E-state index in [0.29, 0.717) is 17.6 Å². The lowest BCUT2D eigenvalue weighted by molar-refractivity contribution is -0.138. The van der Waals surface area contributed by atoms with Crippen LogP contribution in [0.1, 0.15) is 28.7 Å². The van der Waals surface area contributed by atoms with Crippen LogP contribution in [0.15, 0.2) is 59.5 Å². The first kappa shape index (κ1) is 18.4. The summed E-state index contributed by atoms with van der Waals surface area (Å²) in [4.78, 5) is -0.0138. The molecule has 2 N–H and O–H groups in total. The monoisotopic (exact) mass is 379 g/mol. The molecule has 0 radical (unpaired) electrons. The van der Waals surface area contributed by atoms with E-state index in [1.54, 1.807) is 18.2 Å². The van der Waals surface area contributed by atoms with Gasteiger partial charge >= 0.3 is 6.18 Å². The van der Waals surface area contributed by atoms with Gasteiger partial charge < -0.3 is 0 Å². The minimum Gasteiger partial charge on any atom is -0.225 e. The Balaban J connectivity index is 1.99. The number of nitrogens with two attached hydrogens (primary N) is 1. The summed E-state index contributed by atoms with van der Waals surface area (Å²) in [5.74, 6) is 0. The third kappa shape index (κ3) is 3.59. The van der Waals surface area contributed by atoms with Crippen molar-refractivity contribution in [3.63, 3.8) is 0 Å². The van der Waals surface area contributed by atoms with E-state index < -0.39 is 21.8 Å². The van der Waals surface area contributed by atoms with Crippen LogP contribution in [-0.4, -0.2) is 8.42 Å². The van der Waals surface area contributed by atoms with Crippen molar-refractivity contribution in [2.75, 3.05) is 0 Å². The van der Waals surface area contributed by atoms with Crippen molar-refractivity contribution >= 4 is 21.2 Å². The zero-order valence-corrected chi connectivity index (χ0v) is 14.7. The number of hydrogen-bond acceptors (Lipinski definition) is 2. The van der Waals surface area contributed by atoms with Crippen LogP contribution in [0.2, 0.25) is 0 Å². The number of halogens is 3. The van der Waals surface area contributed by atoms with Gasteiger partial charge in [0.05, 0.1) is 10.5 Å². The molecule has 26 heavy (non-hydrogen) atoms. The van der Waals surface area contributed by atoms with E-state index in [0.717, 1.165) is 17.2 Å². The molecule has 0 saturated heterocycles. The highest BCUT2D eigenvalue weighted by Crippen LogP contribution is 2.39. The summed E-state index contributed by atoms with van der Waals surface area (Å²) in [6, 6.07) is 10.2. The molecule has 0 aromatic heterocycles. The fourth-order valence-corrected chi connectivity index (χ4v) is 3.50. The third-order valence-electron chi connectivity index (χ3n) is 4.28. The average molecular weight is 379 g/mol. The second-order valence-corrected chi connectivity index (χ2v) is 7.63. The predicted octanol–water partition coefficient (Wildman–Crippen LogP) is 4.53. The molecule has 0 spiro atoms. The molecule has 0 unspecified atom stereocenters. The highest BCUT2D eigenvalue weighted by Gasteiger charge is 2.33. The zero-order chi connectivity index (χ0) is 19.1. The average Bonchev–Trinajstić information content (AvgIpc) is 3.03. The Bertz CT molecular complexity index is 1020. The highest BCUT2D eigenvalue weighted by molar-refractivity contribution is 7.89. The lowest BCUT2D eigenvalue weighted by atomic mass is 9.92. The van der Waals surface area contributed by atoms with Crippen molar-refractivity contribution in [1.82, 2.24) is 0 Å².